The van der Waals surface area contributed by atoms with E-state index in [1.54, 1.807) is 0 Å². The van der Waals surface area contributed by atoms with E-state index in [-0.39, 0.29) is 12.0 Å². The second kappa shape index (κ2) is 17.7. The van der Waals surface area contributed by atoms with Crippen molar-refractivity contribution < 1.29 is 42.5 Å². The first-order chi connectivity index (χ1) is 21.9. The van der Waals surface area contributed by atoms with E-state index in [9.17, 15) is 23.2 Å². The minimum absolute atomic E-state index is 0.200. The number of aldehydes is 1. The fraction of sp³-hybridized carbons (Fsp3) is 0.625. The van der Waals surface area contributed by atoms with Crippen LogP contribution in [0.4, 0.5) is 8.78 Å². The van der Waals surface area contributed by atoms with E-state index in [1.165, 1.54) is 48.8 Å². The van der Waals surface area contributed by atoms with Crippen molar-refractivity contribution in [2.45, 2.75) is 57.7 Å². The molecule has 4 aliphatic rings. The van der Waals surface area contributed by atoms with Gasteiger partial charge in [0.1, 0.15) is 6.79 Å². The van der Waals surface area contributed by atoms with Gasteiger partial charge in [-0.3, -0.25) is 14.4 Å². The summed E-state index contributed by atoms with van der Waals surface area (Å²) in [5, 5.41) is 0.492. The zero-order valence-electron chi connectivity index (χ0n) is 26.8. The molecule has 6 rings (SSSR count). The molecular formula is C32H46F2N3O7PS. The lowest BCUT2D eigenvalue weighted by molar-refractivity contribution is -0.147. The van der Waals surface area contributed by atoms with Crippen molar-refractivity contribution in [3.8, 4) is 0 Å². The molecule has 1 aromatic heterocycles. The second-order valence-corrected chi connectivity index (χ2v) is 14.6. The van der Waals surface area contributed by atoms with Crippen molar-refractivity contribution in [2.24, 2.45) is 17.8 Å². The summed E-state index contributed by atoms with van der Waals surface area (Å²) >= 11 is 1.19. The van der Waals surface area contributed by atoms with E-state index in [1.807, 2.05) is 30.6 Å². The Morgan fingerprint density at radius 2 is 1.74 bits per heavy atom. The summed E-state index contributed by atoms with van der Waals surface area (Å²) in [5.74, 6) is 2.72. The van der Waals surface area contributed by atoms with Gasteiger partial charge in [0.05, 0.1) is 23.5 Å². The van der Waals surface area contributed by atoms with Crippen LogP contribution in [0.1, 0.15) is 61.2 Å². The average Bonchev–Trinajstić information content (AvgIpc) is 3.39. The van der Waals surface area contributed by atoms with Gasteiger partial charge in [0.25, 0.3) is 0 Å². The number of hydrogen-bond acceptors (Lipinski definition) is 9. The number of thiophene rings is 1. The van der Waals surface area contributed by atoms with E-state index in [2.05, 4.69) is 11.8 Å². The van der Waals surface area contributed by atoms with Crippen LogP contribution in [-0.2, 0) is 24.8 Å². The molecule has 46 heavy (non-hydrogen) atoms. The number of fused-ring (bicyclic) bond motifs is 1. The highest BCUT2D eigenvalue weighted by Gasteiger charge is 2.41. The van der Waals surface area contributed by atoms with E-state index in [4.69, 9.17) is 19.3 Å². The lowest BCUT2D eigenvalue weighted by atomic mass is 9.99. The average molecular weight is 686 g/mol. The summed E-state index contributed by atoms with van der Waals surface area (Å²) in [5.41, 5.74) is -4.12. The fourth-order valence-corrected chi connectivity index (χ4v) is 7.02. The smallest absolute Gasteiger partial charge is 0.339 e. The molecule has 10 nitrogen and oxygen atoms in total. The van der Waals surface area contributed by atoms with Crippen molar-refractivity contribution in [1.82, 2.24) is 14.7 Å². The lowest BCUT2D eigenvalue weighted by Gasteiger charge is -2.40. The molecule has 4 heterocycles. The third kappa shape index (κ3) is 10.6. The van der Waals surface area contributed by atoms with Crippen LogP contribution in [0.2, 0.25) is 0 Å². The van der Waals surface area contributed by atoms with Crippen molar-refractivity contribution in [3.05, 3.63) is 34.7 Å². The van der Waals surface area contributed by atoms with Crippen molar-refractivity contribution in [2.75, 3.05) is 52.9 Å². The molecule has 2 N–H and O–H groups in total. The van der Waals surface area contributed by atoms with Crippen molar-refractivity contribution in [1.29, 1.82) is 0 Å². The SMILES string of the molecule is C=O.CC1CC1CCC(=O)N1CCCC1.CC1CN(C(=O)C2CN(C)C2)CCO1.O=Cc1cc2cc(C(F)(F)P(O)O)ccc2s1. The van der Waals surface area contributed by atoms with Crippen molar-refractivity contribution in [3.63, 3.8) is 0 Å². The predicted octanol–water partition coefficient (Wildman–Crippen LogP) is 4.72. The summed E-state index contributed by atoms with van der Waals surface area (Å²) in [7, 11) is -1.32. The first-order valence-electron chi connectivity index (χ1n) is 15.6. The third-order valence-electron chi connectivity index (χ3n) is 8.68. The Labute approximate surface area is 274 Å². The molecule has 0 radical (unpaired) electrons. The maximum atomic E-state index is 13.4. The summed E-state index contributed by atoms with van der Waals surface area (Å²) in [6.45, 7) is 12.4. The number of rotatable bonds is 7. The fourth-order valence-electron chi connectivity index (χ4n) is 5.79. The van der Waals surface area contributed by atoms with Crippen molar-refractivity contribution >= 4 is 54.7 Å². The minimum Gasteiger partial charge on any atom is -0.375 e. The monoisotopic (exact) mass is 685 g/mol. The van der Waals surface area contributed by atoms with E-state index in [0.29, 0.717) is 39.7 Å². The van der Waals surface area contributed by atoms with Crippen LogP contribution in [0.25, 0.3) is 10.1 Å². The minimum atomic E-state index is -3.66. The highest BCUT2D eigenvalue weighted by Crippen LogP contribution is 2.53. The van der Waals surface area contributed by atoms with Crippen LogP contribution in [-0.4, -0.2) is 108 Å². The van der Waals surface area contributed by atoms with Crippen LogP contribution >= 0.6 is 19.7 Å². The number of carbonyl (C=O) groups is 4. The van der Waals surface area contributed by atoms with Gasteiger partial charge in [-0.1, -0.05) is 13.0 Å². The third-order valence-corrected chi connectivity index (χ3v) is 10.5. The summed E-state index contributed by atoms with van der Waals surface area (Å²) in [6, 6.07) is 5.23. The molecule has 4 fully saturated rings. The van der Waals surface area contributed by atoms with Crippen LogP contribution < -0.4 is 0 Å². The van der Waals surface area contributed by atoms with Crippen LogP contribution in [0, 0.1) is 17.8 Å². The molecule has 2 amide bonds. The Morgan fingerprint density at radius 1 is 1.09 bits per heavy atom. The maximum Gasteiger partial charge on any atom is 0.339 e. The van der Waals surface area contributed by atoms with Crippen LogP contribution in [0.15, 0.2) is 24.3 Å². The molecule has 1 aromatic carbocycles. The normalized spacial score (nSPS) is 22.9. The summed E-state index contributed by atoms with van der Waals surface area (Å²) in [6.07, 6.45) is 6.56. The van der Waals surface area contributed by atoms with Crippen LogP contribution in [0.3, 0.4) is 0 Å². The van der Waals surface area contributed by atoms with Crippen LogP contribution in [0.5, 0.6) is 0 Å². The molecular weight excluding hydrogens is 639 g/mol. The molecule has 14 heteroatoms. The summed E-state index contributed by atoms with van der Waals surface area (Å²) in [4.78, 5) is 66.0. The van der Waals surface area contributed by atoms with Gasteiger partial charge < -0.3 is 34.0 Å². The Kier molecular flexibility index (Phi) is 14.6. The molecule has 1 saturated carbocycles. The van der Waals surface area contributed by atoms with Gasteiger partial charge in [0, 0.05) is 56.0 Å². The Hall–Kier alpha value is -2.41. The number of likely N-dealkylation sites (tertiary alicyclic amines) is 2. The quantitative estimate of drug-likeness (QED) is 0.317. The Balaban J connectivity index is 0.000000184. The molecule has 1 aliphatic carbocycles. The van der Waals surface area contributed by atoms with E-state index >= 15 is 0 Å². The van der Waals surface area contributed by atoms with Gasteiger partial charge in [-0.2, -0.15) is 8.78 Å². The number of morpholine rings is 1. The first kappa shape index (κ1) is 38.0. The Morgan fingerprint density at radius 3 is 2.28 bits per heavy atom. The number of hydrogen-bond donors (Lipinski definition) is 2. The second-order valence-electron chi connectivity index (χ2n) is 12.3. The first-order valence-corrected chi connectivity index (χ1v) is 17.7. The number of amides is 2. The Bertz CT molecular complexity index is 1300. The van der Waals surface area contributed by atoms with Gasteiger partial charge in [-0.05, 0) is 75.1 Å². The molecule has 2 aromatic rings. The predicted molar refractivity (Wildman–Crippen MR) is 175 cm³/mol. The van der Waals surface area contributed by atoms with Gasteiger partial charge in [-0.25, -0.2) is 0 Å². The standard InChI is InChI=1S/C11H19NO.C10H7F2O3PS.C10H18N2O2.CH2O/c1-9-8-10(9)4-5-11(13)12-6-2-3-7-12;11-10(12,16(14)15)7-1-2-9-6(3-7)4-8(5-13)17-9;1-8-5-12(3-4-14-8)10(13)9-6-11(2)7-9;1-2/h9-10H,2-8H2,1H3;1-5,14-15H;8-9H,3-7H2,1-2H3;1H2. The van der Waals surface area contributed by atoms with Gasteiger partial charge in [0.2, 0.25) is 20.2 Å². The molecule has 0 spiro atoms. The lowest BCUT2D eigenvalue weighted by Crippen LogP contribution is -2.55. The number of ether oxygens (including phenoxy) is 1. The zero-order chi connectivity index (χ0) is 34.0. The summed E-state index contributed by atoms with van der Waals surface area (Å²) < 4.78 is 32.8. The number of benzene rings is 1. The number of nitrogens with zero attached hydrogens (tertiary/aromatic N) is 3. The number of carbonyl (C=O) groups excluding carboxylic acids is 4. The number of halogens is 2. The van der Waals surface area contributed by atoms with E-state index < -0.39 is 19.6 Å². The largest absolute Gasteiger partial charge is 0.375 e. The highest BCUT2D eigenvalue weighted by atomic mass is 32.1. The molecule has 3 saturated heterocycles. The molecule has 0 bridgehead atoms. The molecule has 256 valence electrons. The van der Waals surface area contributed by atoms with Gasteiger partial charge in [-0.15, -0.1) is 11.3 Å². The maximum absolute atomic E-state index is 13.4. The highest BCUT2D eigenvalue weighted by molar-refractivity contribution is 7.46. The molecule has 3 aliphatic heterocycles. The van der Waals surface area contributed by atoms with E-state index in [0.717, 1.165) is 70.0 Å². The zero-order valence-corrected chi connectivity index (χ0v) is 28.5. The topological polar surface area (TPSA) is 128 Å². The molecule has 3 unspecified atom stereocenters. The van der Waals surface area contributed by atoms with Gasteiger partial charge in [0.15, 0.2) is 6.29 Å². The van der Waals surface area contributed by atoms with Gasteiger partial charge >= 0.3 is 5.66 Å². The molecule has 3 atom stereocenters. The number of alkyl halides is 2.